The van der Waals surface area contributed by atoms with E-state index < -0.39 is 0 Å². The summed E-state index contributed by atoms with van der Waals surface area (Å²) in [5.41, 5.74) is 0.0496. The minimum atomic E-state index is 0.0496. The average molecular weight is 138 g/mol. The SMILES string of the molecule is CC1(C)C=CC=[N+](O)C=C1. The van der Waals surface area contributed by atoms with Crippen LogP contribution in [-0.4, -0.2) is 16.2 Å². The van der Waals surface area contributed by atoms with Crippen LogP contribution in [0.5, 0.6) is 0 Å². The van der Waals surface area contributed by atoms with Crippen molar-refractivity contribution in [2.75, 3.05) is 0 Å². The molecule has 0 atom stereocenters. The lowest BCUT2D eigenvalue weighted by atomic mass is 9.94. The molecule has 10 heavy (non-hydrogen) atoms. The van der Waals surface area contributed by atoms with Gasteiger partial charge in [0.25, 0.3) is 0 Å². The van der Waals surface area contributed by atoms with Gasteiger partial charge in [-0.15, -0.1) is 0 Å². The molecule has 0 aliphatic carbocycles. The highest BCUT2D eigenvalue weighted by atomic mass is 16.5. The molecule has 1 aliphatic rings. The molecule has 1 heterocycles. The van der Waals surface area contributed by atoms with E-state index in [4.69, 9.17) is 5.21 Å². The van der Waals surface area contributed by atoms with Crippen LogP contribution in [0.4, 0.5) is 0 Å². The zero-order chi connectivity index (χ0) is 7.61. The molecule has 0 saturated carbocycles. The Morgan fingerprint density at radius 1 is 1.30 bits per heavy atom. The van der Waals surface area contributed by atoms with Gasteiger partial charge < -0.3 is 0 Å². The minimum absolute atomic E-state index is 0.0496. The van der Waals surface area contributed by atoms with Gasteiger partial charge in [-0.05, 0) is 6.08 Å². The van der Waals surface area contributed by atoms with E-state index in [1.807, 2.05) is 18.2 Å². The topological polar surface area (TPSA) is 23.2 Å². The number of rotatable bonds is 0. The first-order chi connectivity index (χ1) is 4.60. The van der Waals surface area contributed by atoms with Crippen molar-refractivity contribution < 1.29 is 9.95 Å². The molecule has 1 N–H and O–H groups in total. The van der Waals surface area contributed by atoms with Crippen LogP contribution in [-0.2, 0) is 0 Å². The van der Waals surface area contributed by atoms with Crippen molar-refractivity contribution in [3.63, 3.8) is 0 Å². The van der Waals surface area contributed by atoms with Gasteiger partial charge in [0.1, 0.15) is 0 Å². The van der Waals surface area contributed by atoms with E-state index in [0.29, 0.717) is 0 Å². The van der Waals surface area contributed by atoms with Crippen LogP contribution in [0.2, 0.25) is 0 Å². The normalized spacial score (nSPS) is 22.0. The summed E-state index contributed by atoms with van der Waals surface area (Å²) in [4.78, 5) is 0. The summed E-state index contributed by atoms with van der Waals surface area (Å²) in [6, 6.07) is 0. The van der Waals surface area contributed by atoms with Gasteiger partial charge in [0.05, 0.1) is 0 Å². The van der Waals surface area contributed by atoms with Gasteiger partial charge in [-0.2, -0.15) is 0 Å². The van der Waals surface area contributed by atoms with E-state index in [2.05, 4.69) is 13.8 Å². The molecule has 2 heteroatoms. The summed E-state index contributed by atoms with van der Waals surface area (Å²) >= 11 is 0. The van der Waals surface area contributed by atoms with Crippen LogP contribution in [0.1, 0.15) is 13.8 Å². The van der Waals surface area contributed by atoms with Crippen molar-refractivity contribution in [3.8, 4) is 0 Å². The summed E-state index contributed by atoms with van der Waals surface area (Å²) in [7, 11) is 0. The Morgan fingerprint density at radius 3 is 2.70 bits per heavy atom. The van der Waals surface area contributed by atoms with Crippen LogP contribution < -0.4 is 0 Å². The molecule has 2 nitrogen and oxygen atoms in total. The van der Waals surface area contributed by atoms with Crippen LogP contribution >= 0.6 is 0 Å². The van der Waals surface area contributed by atoms with Crippen LogP contribution in [0.25, 0.3) is 0 Å². The summed E-state index contributed by atoms with van der Waals surface area (Å²) in [5, 5.41) is 8.96. The molecule has 0 bridgehead atoms. The molecule has 0 spiro atoms. The molecular weight excluding hydrogens is 126 g/mol. The maximum absolute atomic E-state index is 8.96. The number of hydrogen-bond acceptors (Lipinski definition) is 1. The fourth-order valence-electron chi connectivity index (χ4n) is 0.753. The Kier molecular flexibility index (Phi) is 1.62. The molecule has 0 fully saturated rings. The van der Waals surface area contributed by atoms with Gasteiger partial charge >= 0.3 is 0 Å². The van der Waals surface area contributed by atoms with Gasteiger partial charge in [-0.25, -0.2) is 0 Å². The zero-order valence-corrected chi connectivity index (χ0v) is 6.28. The molecule has 0 saturated heterocycles. The molecule has 0 aromatic rings. The monoisotopic (exact) mass is 138 g/mol. The van der Waals surface area contributed by atoms with E-state index >= 15 is 0 Å². The van der Waals surface area contributed by atoms with Crippen molar-refractivity contribution >= 4 is 6.21 Å². The van der Waals surface area contributed by atoms with E-state index in [1.165, 1.54) is 0 Å². The Morgan fingerprint density at radius 2 is 2.00 bits per heavy atom. The molecule has 0 unspecified atom stereocenters. The molecule has 54 valence electrons. The Labute approximate surface area is 60.8 Å². The standard InChI is InChI=1S/C8H12NO/c1-8(2)4-3-6-9(10)7-5-8/h3-7,10H,1-2H3/q+1. The van der Waals surface area contributed by atoms with Crippen molar-refractivity contribution in [3.05, 3.63) is 24.4 Å². The first-order valence-electron chi connectivity index (χ1n) is 3.29. The fraction of sp³-hybridized carbons (Fsp3) is 0.375. The highest BCUT2D eigenvalue weighted by Gasteiger charge is 2.12. The first-order valence-corrected chi connectivity index (χ1v) is 3.29. The first kappa shape index (κ1) is 7.06. The third-order valence-corrected chi connectivity index (χ3v) is 1.42. The fourth-order valence-corrected chi connectivity index (χ4v) is 0.753. The maximum atomic E-state index is 8.96. The molecular formula is C8H12NO+. The second-order valence-corrected chi connectivity index (χ2v) is 3.03. The maximum Gasteiger partial charge on any atom is 0.221 e. The van der Waals surface area contributed by atoms with Crippen molar-refractivity contribution in [2.24, 2.45) is 5.41 Å². The van der Waals surface area contributed by atoms with Crippen molar-refractivity contribution in [2.45, 2.75) is 13.8 Å². The third-order valence-electron chi connectivity index (χ3n) is 1.42. The lowest BCUT2D eigenvalue weighted by Crippen LogP contribution is -2.01. The van der Waals surface area contributed by atoms with Crippen molar-refractivity contribution in [1.29, 1.82) is 0 Å². The van der Waals surface area contributed by atoms with E-state index in [-0.39, 0.29) is 5.41 Å². The number of allylic oxidation sites excluding steroid dienone is 3. The number of hydrogen-bond donors (Lipinski definition) is 1. The molecule has 0 radical (unpaired) electrons. The quantitative estimate of drug-likeness (QED) is 0.398. The highest BCUT2D eigenvalue weighted by molar-refractivity contribution is 5.66. The molecule has 0 amide bonds. The molecule has 1 rings (SSSR count). The van der Waals surface area contributed by atoms with Crippen molar-refractivity contribution in [1.82, 2.24) is 0 Å². The molecule has 1 aliphatic heterocycles. The smallest absolute Gasteiger partial charge is 0.221 e. The zero-order valence-electron chi connectivity index (χ0n) is 6.28. The van der Waals surface area contributed by atoms with Gasteiger partial charge in [-0.3, -0.25) is 5.21 Å². The van der Waals surface area contributed by atoms with Gasteiger partial charge in [-0.1, -0.05) is 19.9 Å². The summed E-state index contributed by atoms with van der Waals surface area (Å²) in [6.45, 7) is 4.15. The summed E-state index contributed by atoms with van der Waals surface area (Å²) in [5.74, 6) is 0. The average Bonchev–Trinajstić information content (AvgIpc) is 1.94. The van der Waals surface area contributed by atoms with Gasteiger partial charge in [0.15, 0.2) is 0 Å². The minimum Gasteiger partial charge on any atom is -0.285 e. The lowest BCUT2D eigenvalue weighted by Gasteiger charge is -2.09. The Bertz CT molecular complexity index is 211. The van der Waals surface area contributed by atoms with Crippen LogP contribution in [0.3, 0.4) is 0 Å². The van der Waals surface area contributed by atoms with Crippen LogP contribution in [0, 0.1) is 5.41 Å². The number of nitrogens with zero attached hydrogens (tertiary/aromatic N) is 1. The predicted molar refractivity (Wildman–Crippen MR) is 40.2 cm³/mol. The molecule has 0 aromatic carbocycles. The van der Waals surface area contributed by atoms with Crippen LogP contribution in [0.15, 0.2) is 24.4 Å². The summed E-state index contributed by atoms with van der Waals surface area (Å²) in [6.07, 6.45) is 9.04. The van der Waals surface area contributed by atoms with Gasteiger partial charge in [0.2, 0.25) is 12.4 Å². The predicted octanol–water partition coefficient (Wildman–Crippen LogP) is 1.57. The van der Waals surface area contributed by atoms with Gasteiger partial charge in [0, 0.05) is 16.2 Å². The lowest BCUT2D eigenvalue weighted by molar-refractivity contribution is -0.721. The Hall–Kier alpha value is -1.05. The third kappa shape index (κ3) is 1.72. The largest absolute Gasteiger partial charge is 0.285 e. The number of hydroxylamine groups is 1. The summed E-state index contributed by atoms with van der Waals surface area (Å²) < 4.78 is 1.05. The van der Waals surface area contributed by atoms with E-state index in [1.54, 1.807) is 12.4 Å². The second kappa shape index (κ2) is 2.29. The van der Waals surface area contributed by atoms with E-state index in [0.717, 1.165) is 4.74 Å². The van der Waals surface area contributed by atoms with E-state index in [9.17, 15) is 0 Å². The second-order valence-electron chi connectivity index (χ2n) is 3.03. The Balaban J connectivity index is 2.88. The molecule has 0 aromatic heterocycles. The highest BCUT2D eigenvalue weighted by Crippen LogP contribution is 2.19.